The molecule has 1 N–H and O–H groups in total. The zero-order chi connectivity index (χ0) is 17.6. The van der Waals surface area contributed by atoms with Gasteiger partial charge in [0.2, 0.25) is 11.7 Å². The molecule has 0 aliphatic carbocycles. The van der Waals surface area contributed by atoms with E-state index in [4.69, 9.17) is 11.6 Å². The Bertz CT molecular complexity index is 913. The molecule has 3 rings (SSSR count). The number of thiophene rings is 2. The minimum Gasteiger partial charge on any atom is -0.348 e. The predicted octanol–water partition coefficient (Wildman–Crippen LogP) is 5.02. The lowest BCUT2D eigenvalue weighted by Gasteiger charge is -2.00. The largest absolute Gasteiger partial charge is 0.348 e. The summed E-state index contributed by atoms with van der Waals surface area (Å²) in [4.78, 5) is 25.8. The highest BCUT2D eigenvalue weighted by Gasteiger charge is 2.12. The number of carbonyl (C=O) groups excluding carboxylic acids is 2. The summed E-state index contributed by atoms with van der Waals surface area (Å²) in [6.45, 7) is 0.382. The van der Waals surface area contributed by atoms with Gasteiger partial charge < -0.3 is 5.32 Å². The van der Waals surface area contributed by atoms with E-state index in [1.165, 1.54) is 28.7 Å². The lowest BCUT2D eigenvalue weighted by molar-refractivity contribution is -0.116. The van der Waals surface area contributed by atoms with Crippen molar-refractivity contribution >= 4 is 52.0 Å². The van der Waals surface area contributed by atoms with E-state index in [9.17, 15) is 9.59 Å². The molecule has 2 heterocycles. The van der Waals surface area contributed by atoms with Gasteiger partial charge in [0.05, 0.1) is 11.4 Å². The Labute approximate surface area is 158 Å². The SMILES string of the molecule is O=C(/C=C/c1ccccc1Cl)NCc1ccc(C(=O)c2ccsc2)s1. The van der Waals surface area contributed by atoms with Crippen molar-refractivity contribution in [3.8, 4) is 0 Å². The van der Waals surface area contributed by atoms with Crippen LogP contribution < -0.4 is 5.32 Å². The molecule has 0 bridgehead atoms. The Morgan fingerprint density at radius 2 is 1.96 bits per heavy atom. The van der Waals surface area contributed by atoms with Gasteiger partial charge >= 0.3 is 0 Å². The average molecular weight is 388 g/mol. The smallest absolute Gasteiger partial charge is 0.244 e. The van der Waals surface area contributed by atoms with Gasteiger partial charge in [0.15, 0.2) is 0 Å². The number of rotatable bonds is 6. The van der Waals surface area contributed by atoms with E-state index in [1.54, 1.807) is 18.2 Å². The van der Waals surface area contributed by atoms with Gasteiger partial charge in [0.25, 0.3) is 0 Å². The van der Waals surface area contributed by atoms with Gasteiger partial charge in [-0.15, -0.1) is 11.3 Å². The molecule has 1 amide bonds. The monoisotopic (exact) mass is 387 g/mol. The second kappa shape index (κ2) is 8.25. The van der Waals surface area contributed by atoms with Crippen LogP contribution in [0.2, 0.25) is 5.02 Å². The summed E-state index contributed by atoms with van der Waals surface area (Å²) in [5, 5.41) is 7.13. The first kappa shape index (κ1) is 17.6. The minimum atomic E-state index is -0.209. The van der Waals surface area contributed by atoms with Crippen LogP contribution in [0.25, 0.3) is 6.08 Å². The van der Waals surface area contributed by atoms with Crippen LogP contribution in [0, 0.1) is 0 Å². The van der Waals surface area contributed by atoms with E-state index in [-0.39, 0.29) is 11.7 Å². The van der Waals surface area contributed by atoms with Gasteiger partial charge in [-0.1, -0.05) is 29.8 Å². The molecule has 6 heteroatoms. The van der Waals surface area contributed by atoms with E-state index in [0.29, 0.717) is 22.0 Å². The number of hydrogen-bond acceptors (Lipinski definition) is 4. The second-order valence-corrected chi connectivity index (χ2v) is 7.54. The van der Waals surface area contributed by atoms with Crippen molar-refractivity contribution in [3.63, 3.8) is 0 Å². The maximum absolute atomic E-state index is 12.3. The van der Waals surface area contributed by atoms with Crippen molar-refractivity contribution in [2.45, 2.75) is 6.54 Å². The molecular weight excluding hydrogens is 374 g/mol. The zero-order valence-corrected chi connectivity index (χ0v) is 15.5. The summed E-state index contributed by atoms with van der Waals surface area (Å²) in [6.07, 6.45) is 3.13. The van der Waals surface area contributed by atoms with Crippen LogP contribution in [-0.4, -0.2) is 11.7 Å². The summed E-state index contributed by atoms with van der Waals surface area (Å²) >= 11 is 8.93. The van der Waals surface area contributed by atoms with Crippen LogP contribution in [0.4, 0.5) is 0 Å². The Kier molecular flexibility index (Phi) is 5.81. The summed E-state index contributed by atoms with van der Waals surface area (Å²) < 4.78 is 0. The van der Waals surface area contributed by atoms with E-state index >= 15 is 0 Å². The van der Waals surface area contributed by atoms with Gasteiger partial charge in [-0.2, -0.15) is 11.3 Å². The summed E-state index contributed by atoms with van der Waals surface area (Å²) in [5.41, 5.74) is 1.49. The van der Waals surface area contributed by atoms with Crippen LogP contribution in [-0.2, 0) is 11.3 Å². The van der Waals surface area contributed by atoms with Gasteiger partial charge in [-0.05, 0) is 41.3 Å². The Balaban J connectivity index is 1.56. The molecule has 1 aromatic carbocycles. The molecule has 25 heavy (non-hydrogen) atoms. The first-order chi connectivity index (χ1) is 12.1. The van der Waals surface area contributed by atoms with Crippen molar-refractivity contribution < 1.29 is 9.59 Å². The van der Waals surface area contributed by atoms with Gasteiger partial charge in [-0.3, -0.25) is 9.59 Å². The van der Waals surface area contributed by atoms with Crippen LogP contribution >= 0.6 is 34.3 Å². The molecule has 0 fully saturated rings. The second-order valence-electron chi connectivity index (χ2n) is 5.18. The Morgan fingerprint density at radius 1 is 1.12 bits per heavy atom. The lowest BCUT2D eigenvalue weighted by atomic mass is 10.2. The van der Waals surface area contributed by atoms with Crippen LogP contribution in [0.1, 0.15) is 25.7 Å². The van der Waals surface area contributed by atoms with E-state index in [2.05, 4.69) is 5.32 Å². The highest BCUT2D eigenvalue weighted by atomic mass is 35.5. The molecule has 0 atom stereocenters. The highest BCUT2D eigenvalue weighted by Crippen LogP contribution is 2.21. The molecular formula is C19H14ClNO2S2. The molecule has 126 valence electrons. The molecule has 0 radical (unpaired) electrons. The van der Waals surface area contributed by atoms with E-state index in [0.717, 1.165) is 10.4 Å². The summed E-state index contributed by atoms with van der Waals surface area (Å²) in [5.74, 6) is -0.193. The number of benzene rings is 1. The minimum absolute atomic E-state index is 0.0161. The molecule has 2 aromatic heterocycles. The number of ketones is 1. The Morgan fingerprint density at radius 3 is 2.72 bits per heavy atom. The van der Waals surface area contributed by atoms with Crippen molar-refractivity contribution in [1.29, 1.82) is 0 Å². The fourth-order valence-corrected chi connectivity index (χ4v) is 3.88. The fourth-order valence-electron chi connectivity index (χ4n) is 2.14. The van der Waals surface area contributed by atoms with Crippen molar-refractivity contribution in [2.75, 3.05) is 0 Å². The van der Waals surface area contributed by atoms with Crippen LogP contribution in [0.3, 0.4) is 0 Å². The molecule has 0 unspecified atom stereocenters. The quantitative estimate of drug-likeness (QED) is 0.476. The highest BCUT2D eigenvalue weighted by molar-refractivity contribution is 7.14. The molecule has 0 spiro atoms. The van der Waals surface area contributed by atoms with Gasteiger partial charge in [0.1, 0.15) is 0 Å². The number of carbonyl (C=O) groups is 2. The van der Waals surface area contributed by atoms with Crippen molar-refractivity contribution in [3.05, 3.63) is 85.2 Å². The lowest BCUT2D eigenvalue weighted by Crippen LogP contribution is -2.19. The number of amides is 1. The first-order valence-electron chi connectivity index (χ1n) is 7.49. The molecule has 0 aliphatic heterocycles. The first-order valence-corrected chi connectivity index (χ1v) is 9.63. The summed E-state index contributed by atoms with van der Waals surface area (Å²) in [7, 11) is 0. The third-order valence-corrected chi connectivity index (χ3v) is 5.54. The fraction of sp³-hybridized carbons (Fsp3) is 0.0526. The molecule has 0 aliphatic rings. The maximum atomic E-state index is 12.3. The third kappa shape index (κ3) is 4.66. The van der Waals surface area contributed by atoms with Crippen molar-refractivity contribution in [2.24, 2.45) is 0 Å². The van der Waals surface area contributed by atoms with E-state index in [1.807, 2.05) is 41.1 Å². The van der Waals surface area contributed by atoms with Gasteiger partial charge in [-0.25, -0.2) is 0 Å². The number of halogens is 1. The Hall–Kier alpha value is -2.21. The number of hydrogen-bond donors (Lipinski definition) is 1. The van der Waals surface area contributed by atoms with E-state index < -0.39 is 0 Å². The number of nitrogens with one attached hydrogen (secondary N) is 1. The van der Waals surface area contributed by atoms with Crippen LogP contribution in [0.15, 0.2) is 59.3 Å². The topological polar surface area (TPSA) is 46.2 Å². The zero-order valence-electron chi connectivity index (χ0n) is 13.1. The molecule has 3 aromatic rings. The standard InChI is InChI=1S/C19H14ClNO2S2/c20-16-4-2-1-3-13(16)5-8-18(22)21-11-15-6-7-17(25-15)19(23)14-9-10-24-12-14/h1-10,12H,11H2,(H,21,22)/b8-5+. The molecule has 0 saturated carbocycles. The van der Waals surface area contributed by atoms with Crippen LogP contribution in [0.5, 0.6) is 0 Å². The average Bonchev–Trinajstić information content (AvgIpc) is 3.30. The summed E-state index contributed by atoms with van der Waals surface area (Å²) in [6, 6.07) is 12.8. The molecule has 0 saturated heterocycles. The predicted molar refractivity (Wildman–Crippen MR) is 104 cm³/mol. The van der Waals surface area contributed by atoms with Gasteiger partial charge in [0, 0.05) is 26.9 Å². The molecule has 3 nitrogen and oxygen atoms in total. The normalized spacial score (nSPS) is 10.9. The van der Waals surface area contributed by atoms with Crippen molar-refractivity contribution in [1.82, 2.24) is 5.32 Å². The maximum Gasteiger partial charge on any atom is 0.244 e. The third-order valence-electron chi connectivity index (χ3n) is 3.43.